The molecule has 0 saturated heterocycles. The van der Waals surface area contributed by atoms with Gasteiger partial charge in [0.2, 0.25) is 5.89 Å². The third-order valence-corrected chi connectivity index (χ3v) is 1.39. The molecule has 1 heterocycles. The normalized spacial score (nSPS) is 10.4. The standard InChI is InChI=1S/C6H9ClN2O2/c1-10-3-2-6-8-5(4-7)9-11-6/h2-4H2,1H3. The summed E-state index contributed by atoms with van der Waals surface area (Å²) in [7, 11) is 1.62. The minimum atomic E-state index is 0.288. The summed E-state index contributed by atoms with van der Waals surface area (Å²) < 4.78 is 9.66. The number of hydrogen-bond acceptors (Lipinski definition) is 4. The number of ether oxygens (including phenoxy) is 1. The summed E-state index contributed by atoms with van der Waals surface area (Å²) in [4.78, 5) is 3.98. The van der Waals surface area contributed by atoms with Gasteiger partial charge in [0.1, 0.15) is 0 Å². The van der Waals surface area contributed by atoms with Gasteiger partial charge in [0.25, 0.3) is 0 Å². The molecule has 11 heavy (non-hydrogen) atoms. The predicted octanol–water partition coefficient (Wildman–Crippen LogP) is 0.997. The molecule has 0 amide bonds. The van der Waals surface area contributed by atoms with Crippen LogP contribution in [-0.2, 0) is 17.0 Å². The highest BCUT2D eigenvalue weighted by atomic mass is 35.5. The highest BCUT2D eigenvalue weighted by molar-refractivity contribution is 6.16. The van der Waals surface area contributed by atoms with E-state index in [4.69, 9.17) is 20.9 Å². The van der Waals surface area contributed by atoms with Crippen molar-refractivity contribution in [2.75, 3.05) is 13.7 Å². The molecule has 1 aromatic heterocycles. The van der Waals surface area contributed by atoms with Crippen molar-refractivity contribution in [1.82, 2.24) is 10.1 Å². The van der Waals surface area contributed by atoms with Crippen LogP contribution in [-0.4, -0.2) is 23.9 Å². The molecule has 5 heteroatoms. The molecule has 0 radical (unpaired) electrons. The van der Waals surface area contributed by atoms with Crippen molar-refractivity contribution < 1.29 is 9.26 Å². The first-order valence-corrected chi connectivity index (χ1v) is 3.76. The Morgan fingerprint density at radius 3 is 3.00 bits per heavy atom. The van der Waals surface area contributed by atoms with Crippen molar-refractivity contribution in [3.8, 4) is 0 Å². The zero-order chi connectivity index (χ0) is 8.10. The lowest BCUT2D eigenvalue weighted by Gasteiger charge is -1.89. The van der Waals surface area contributed by atoms with Crippen LogP contribution in [0.5, 0.6) is 0 Å². The first kappa shape index (κ1) is 8.49. The van der Waals surface area contributed by atoms with E-state index in [9.17, 15) is 0 Å². The van der Waals surface area contributed by atoms with Crippen molar-refractivity contribution in [2.24, 2.45) is 0 Å². The van der Waals surface area contributed by atoms with Gasteiger partial charge in [-0.1, -0.05) is 5.16 Å². The fourth-order valence-electron chi connectivity index (χ4n) is 0.635. The van der Waals surface area contributed by atoms with Gasteiger partial charge in [-0.15, -0.1) is 11.6 Å². The third-order valence-electron chi connectivity index (χ3n) is 1.15. The minimum absolute atomic E-state index is 0.288. The van der Waals surface area contributed by atoms with Gasteiger partial charge in [-0.05, 0) is 0 Å². The fraction of sp³-hybridized carbons (Fsp3) is 0.667. The first-order valence-electron chi connectivity index (χ1n) is 3.23. The Morgan fingerprint density at radius 1 is 1.64 bits per heavy atom. The predicted molar refractivity (Wildman–Crippen MR) is 39.4 cm³/mol. The average molecular weight is 177 g/mol. The van der Waals surface area contributed by atoms with E-state index < -0.39 is 0 Å². The second-order valence-electron chi connectivity index (χ2n) is 1.98. The Morgan fingerprint density at radius 2 is 2.45 bits per heavy atom. The van der Waals surface area contributed by atoms with Crippen LogP contribution in [0.15, 0.2) is 4.52 Å². The molecular formula is C6H9ClN2O2. The molecule has 62 valence electrons. The van der Waals surface area contributed by atoms with Crippen molar-refractivity contribution in [1.29, 1.82) is 0 Å². The van der Waals surface area contributed by atoms with Crippen LogP contribution in [0.2, 0.25) is 0 Å². The quantitative estimate of drug-likeness (QED) is 0.643. The van der Waals surface area contributed by atoms with Crippen molar-refractivity contribution in [2.45, 2.75) is 12.3 Å². The topological polar surface area (TPSA) is 48.2 Å². The van der Waals surface area contributed by atoms with Crippen LogP contribution in [0.3, 0.4) is 0 Å². The zero-order valence-electron chi connectivity index (χ0n) is 6.21. The molecule has 0 unspecified atom stereocenters. The molecule has 0 aliphatic carbocycles. The average Bonchev–Trinajstić information content (AvgIpc) is 2.48. The maximum Gasteiger partial charge on any atom is 0.229 e. The summed E-state index contributed by atoms with van der Waals surface area (Å²) in [6.45, 7) is 0.587. The molecule has 1 aromatic rings. The number of nitrogens with zero attached hydrogens (tertiary/aromatic N) is 2. The lowest BCUT2D eigenvalue weighted by molar-refractivity contribution is 0.192. The summed E-state index contributed by atoms with van der Waals surface area (Å²) in [5.74, 6) is 1.39. The number of aromatic nitrogens is 2. The molecule has 0 aliphatic heterocycles. The molecule has 0 spiro atoms. The molecule has 1 rings (SSSR count). The number of methoxy groups -OCH3 is 1. The molecule has 0 aromatic carbocycles. The van der Waals surface area contributed by atoms with Crippen LogP contribution in [0.4, 0.5) is 0 Å². The minimum Gasteiger partial charge on any atom is -0.384 e. The Bertz CT molecular complexity index is 214. The van der Waals surface area contributed by atoms with Gasteiger partial charge in [-0.2, -0.15) is 4.98 Å². The zero-order valence-corrected chi connectivity index (χ0v) is 6.97. The van der Waals surface area contributed by atoms with Gasteiger partial charge in [0.05, 0.1) is 18.9 Å². The maximum atomic E-state index is 5.46. The molecular weight excluding hydrogens is 168 g/mol. The van der Waals surface area contributed by atoms with E-state index in [1.807, 2.05) is 0 Å². The second kappa shape index (κ2) is 4.31. The third kappa shape index (κ3) is 2.48. The van der Waals surface area contributed by atoms with Crippen molar-refractivity contribution in [3.63, 3.8) is 0 Å². The van der Waals surface area contributed by atoms with Crippen LogP contribution in [0.1, 0.15) is 11.7 Å². The number of halogens is 1. The maximum absolute atomic E-state index is 5.46. The van der Waals surface area contributed by atoms with E-state index in [1.54, 1.807) is 7.11 Å². The van der Waals surface area contributed by atoms with Crippen LogP contribution >= 0.6 is 11.6 Å². The largest absolute Gasteiger partial charge is 0.384 e. The number of hydrogen-bond donors (Lipinski definition) is 0. The fourth-order valence-corrected chi connectivity index (χ4v) is 0.744. The Labute approximate surface area is 69.5 Å². The Balaban J connectivity index is 2.44. The van der Waals surface area contributed by atoms with Crippen LogP contribution in [0.25, 0.3) is 0 Å². The summed E-state index contributed by atoms with van der Waals surface area (Å²) in [5.41, 5.74) is 0. The van der Waals surface area contributed by atoms with E-state index in [1.165, 1.54) is 0 Å². The summed E-state index contributed by atoms with van der Waals surface area (Å²) in [6.07, 6.45) is 0.639. The molecule has 0 saturated carbocycles. The highest BCUT2D eigenvalue weighted by Crippen LogP contribution is 2.00. The monoisotopic (exact) mass is 176 g/mol. The Kier molecular flexibility index (Phi) is 3.32. The number of alkyl halides is 1. The van der Waals surface area contributed by atoms with E-state index >= 15 is 0 Å². The summed E-state index contributed by atoms with van der Waals surface area (Å²) >= 11 is 5.46. The van der Waals surface area contributed by atoms with Crippen LogP contribution in [0, 0.1) is 0 Å². The van der Waals surface area contributed by atoms with Gasteiger partial charge >= 0.3 is 0 Å². The van der Waals surface area contributed by atoms with Gasteiger partial charge in [-0.25, -0.2) is 0 Å². The van der Waals surface area contributed by atoms with Gasteiger partial charge < -0.3 is 9.26 Å². The van der Waals surface area contributed by atoms with Gasteiger partial charge in [0.15, 0.2) is 5.82 Å². The second-order valence-corrected chi connectivity index (χ2v) is 2.25. The summed E-state index contributed by atoms with van der Waals surface area (Å²) in [6, 6.07) is 0. The van der Waals surface area contributed by atoms with E-state index in [0.717, 1.165) is 0 Å². The van der Waals surface area contributed by atoms with Crippen molar-refractivity contribution in [3.05, 3.63) is 11.7 Å². The lowest BCUT2D eigenvalue weighted by atomic mass is 10.4. The molecule has 0 aliphatic rings. The summed E-state index contributed by atoms with van der Waals surface area (Å²) in [5, 5.41) is 3.61. The number of rotatable bonds is 4. The van der Waals surface area contributed by atoms with Gasteiger partial charge in [0, 0.05) is 7.11 Å². The Hall–Kier alpha value is -0.610. The smallest absolute Gasteiger partial charge is 0.229 e. The molecule has 0 bridgehead atoms. The highest BCUT2D eigenvalue weighted by Gasteiger charge is 2.03. The molecule has 0 fully saturated rings. The van der Waals surface area contributed by atoms with E-state index in [-0.39, 0.29) is 5.88 Å². The van der Waals surface area contributed by atoms with E-state index in [2.05, 4.69) is 10.1 Å². The SMILES string of the molecule is COCCc1nc(CCl)no1. The lowest BCUT2D eigenvalue weighted by Crippen LogP contribution is -1.94. The van der Waals surface area contributed by atoms with E-state index in [0.29, 0.717) is 24.7 Å². The molecule has 0 N–H and O–H groups in total. The van der Waals surface area contributed by atoms with Crippen molar-refractivity contribution >= 4 is 11.6 Å². The molecule has 4 nitrogen and oxygen atoms in total. The van der Waals surface area contributed by atoms with Gasteiger partial charge in [-0.3, -0.25) is 0 Å². The molecule has 0 atom stereocenters. The first-order chi connectivity index (χ1) is 5.36. The van der Waals surface area contributed by atoms with Crippen LogP contribution < -0.4 is 0 Å².